The van der Waals surface area contributed by atoms with Crippen molar-refractivity contribution in [2.24, 2.45) is 14.1 Å². The number of hydrogen-bond donors (Lipinski definition) is 2. The number of aryl methyl sites for hydroxylation is 2. The molecule has 5 aromatic heterocycles. The molecule has 2 N–H and O–H groups in total. The molecule has 0 amide bonds. The minimum atomic E-state index is 0. The molecule has 7 rings (SSSR count). The maximum atomic E-state index is 5.20. The van der Waals surface area contributed by atoms with E-state index in [1.807, 2.05) is 23.2 Å². The summed E-state index contributed by atoms with van der Waals surface area (Å²) in [5, 5.41) is 0. The van der Waals surface area contributed by atoms with Crippen LogP contribution in [0.4, 0.5) is 0 Å². The molecule has 8 heteroatoms. The van der Waals surface area contributed by atoms with E-state index in [1.165, 1.54) is 0 Å². The third-order valence-corrected chi connectivity index (χ3v) is 6.93. The summed E-state index contributed by atoms with van der Waals surface area (Å²) in [5.41, 5.74) is 11.9. The Kier molecular flexibility index (Phi) is 7.99. The molecule has 6 nitrogen and oxygen atoms in total. The summed E-state index contributed by atoms with van der Waals surface area (Å²) in [4.78, 5) is 17.3. The summed E-state index contributed by atoms with van der Waals surface area (Å²) in [6, 6.07) is 21.1. The molecule has 0 fully saturated rings. The maximum absolute atomic E-state index is 5.20. The molecule has 2 aliphatic heterocycles. The van der Waals surface area contributed by atoms with Crippen molar-refractivity contribution in [1.82, 2.24) is 19.9 Å². The summed E-state index contributed by atoms with van der Waals surface area (Å²) < 4.78 is 4.07. The number of pyridine rings is 2. The van der Waals surface area contributed by atoms with Gasteiger partial charge in [0.2, 0.25) is 0 Å². The van der Waals surface area contributed by atoms with Crippen molar-refractivity contribution in [2.75, 3.05) is 0 Å². The maximum Gasteiger partial charge on any atom is 0.169 e. The minimum absolute atomic E-state index is 0. The summed E-state index contributed by atoms with van der Waals surface area (Å²) in [6.07, 6.45) is 16.6. The first-order valence-electron chi connectivity index (χ1n) is 12.6. The molecule has 0 saturated heterocycles. The molecule has 0 unspecified atom stereocenters. The van der Waals surface area contributed by atoms with Gasteiger partial charge in [0.05, 0.1) is 22.8 Å². The lowest BCUT2D eigenvalue weighted by molar-refractivity contribution is -0.671. The van der Waals surface area contributed by atoms with E-state index in [0.717, 1.165) is 67.1 Å². The van der Waals surface area contributed by atoms with E-state index in [9.17, 15) is 0 Å². The quantitative estimate of drug-likeness (QED) is 0.188. The van der Waals surface area contributed by atoms with E-state index < -0.39 is 0 Å². The molecule has 0 aromatic carbocycles. The van der Waals surface area contributed by atoms with Crippen LogP contribution in [0.1, 0.15) is 22.8 Å². The Morgan fingerprint density at radius 2 is 1.02 bits per heavy atom. The summed E-state index contributed by atoms with van der Waals surface area (Å²) >= 11 is 0. The molecule has 2 aliphatic rings. The Hall–Kier alpha value is -3.64. The van der Waals surface area contributed by atoms with Crippen molar-refractivity contribution in [2.45, 2.75) is 0 Å². The van der Waals surface area contributed by atoms with Crippen molar-refractivity contribution >= 4 is 46.4 Å². The Morgan fingerprint density at radius 1 is 0.525 bits per heavy atom. The third-order valence-electron chi connectivity index (χ3n) is 6.93. The number of fused-ring (bicyclic) bond motifs is 8. The second kappa shape index (κ2) is 11.5. The number of nitrogens with zero attached hydrogens (tertiary/aromatic N) is 4. The molecular formula is C32H26I2N6. The zero-order valence-electron chi connectivity index (χ0n) is 21.9. The first-order valence-corrected chi connectivity index (χ1v) is 12.6. The van der Waals surface area contributed by atoms with Crippen LogP contribution in [-0.2, 0) is 14.1 Å². The Bertz CT molecular complexity index is 1930. The van der Waals surface area contributed by atoms with E-state index in [1.54, 1.807) is 0 Å². The van der Waals surface area contributed by atoms with Gasteiger partial charge in [0.25, 0.3) is 0 Å². The lowest BCUT2D eigenvalue weighted by Gasteiger charge is -2.05. The van der Waals surface area contributed by atoms with Crippen molar-refractivity contribution in [3.63, 3.8) is 0 Å². The first-order chi connectivity index (χ1) is 18.6. The van der Waals surface area contributed by atoms with Gasteiger partial charge < -0.3 is 57.9 Å². The number of aromatic nitrogens is 6. The van der Waals surface area contributed by atoms with Crippen molar-refractivity contribution in [1.29, 1.82) is 0 Å². The van der Waals surface area contributed by atoms with Gasteiger partial charge >= 0.3 is 0 Å². The summed E-state index contributed by atoms with van der Waals surface area (Å²) in [7, 11) is 4.05. The molecular weight excluding hydrogens is 722 g/mol. The highest BCUT2D eigenvalue weighted by molar-refractivity contribution is 5.94. The minimum Gasteiger partial charge on any atom is -1.00 e. The molecule has 0 radical (unpaired) electrons. The molecule has 0 atom stereocenters. The Morgan fingerprint density at radius 3 is 1.70 bits per heavy atom. The third kappa shape index (κ3) is 5.37. The topological polar surface area (TPSA) is 65.1 Å². The summed E-state index contributed by atoms with van der Waals surface area (Å²) in [5.74, 6) is 0. The second-order valence-corrected chi connectivity index (χ2v) is 9.71. The molecule has 8 bridgehead atoms. The molecule has 0 saturated carbocycles. The number of rotatable bonds is 2. The Balaban J connectivity index is 0.00000161. The van der Waals surface area contributed by atoms with Crippen LogP contribution >= 0.6 is 0 Å². The van der Waals surface area contributed by atoms with Crippen LogP contribution in [0.25, 0.3) is 68.6 Å². The van der Waals surface area contributed by atoms with Gasteiger partial charge in [0.1, 0.15) is 14.1 Å². The smallest absolute Gasteiger partial charge is 0.169 e. The fourth-order valence-corrected chi connectivity index (χ4v) is 5.01. The predicted molar refractivity (Wildman–Crippen MR) is 152 cm³/mol. The molecule has 198 valence electrons. The highest BCUT2D eigenvalue weighted by Crippen LogP contribution is 2.34. The fourth-order valence-electron chi connectivity index (χ4n) is 5.01. The van der Waals surface area contributed by atoms with Crippen LogP contribution in [0.3, 0.4) is 0 Å². The second-order valence-electron chi connectivity index (χ2n) is 9.71. The summed E-state index contributed by atoms with van der Waals surface area (Å²) in [6.45, 7) is 0. The highest BCUT2D eigenvalue weighted by Gasteiger charge is 2.17. The van der Waals surface area contributed by atoms with Gasteiger partial charge in [0.15, 0.2) is 24.8 Å². The monoisotopic (exact) mass is 748 g/mol. The first kappa shape index (κ1) is 27.9. The SMILES string of the molecule is C[n+]1ccc(-c2c3nc(cc4ccc(cc5ccc([nH]5)c(-c5cc[n+](C)cc5)c5nc2C=C5)[nH]4)C=C3)cc1.[I-].[I-]. The van der Waals surface area contributed by atoms with Crippen LogP contribution in [0.5, 0.6) is 0 Å². The highest BCUT2D eigenvalue weighted by atomic mass is 127. The average Bonchev–Trinajstić information content (AvgIpc) is 3.72. The molecule has 5 aromatic rings. The number of nitrogens with one attached hydrogen (secondary N) is 2. The van der Waals surface area contributed by atoms with Crippen LogP contribution in [0.15, 0.2) is 85.5 Å². The van der Waals surface area contributed by atoms with E-state index in [-0.39, 0.29) is 48.0 Å². The van der Waals surface area contributed by atoms with Crippen LogP contribution in [0.2, 0.25) is 0 Å². The van der Waals surface area contributed by atoms with Gasteiger partial charge in [-0.15, -0.1) is 0 Å². The number of halogens is 2. The van der Waals surface area contributed by atoms with Crippen molar-refractivity contribution in [3.8, 4) is 22.3 Å². The van der Waals surface area contributed by atoms with Gasteiger partial charge in [0, 0.05) is 57.5 Å². The van der Waals surface area contributed by atoms with Crippen LogP contribution < -0.4 is 57.1 Å². The van der Waals surface area contributed by atoms with Gasteiger partial charge in [-0.3, -0.25) is 0 Å². The zero-order chi connectivity index (χ0) is 25.6. The van der Waals surface area contributed by atoms with E-state index in [2.05, 4.69) is 120 Å². The lowest BCUT2D eigenvalue weighted by atomic mass is 10.0. The molecule has 0 spiro atoms. The Labute approximate surface area is 266 Å². The van der Waals surface area contributed by atoms with E-state index in [4.69, 9.17) is 9.97 Å². The van der Waals surface area contributed by atoms with Crippen LogP contribution in [-0.4, -0.2) is 19.9 Å². The van der Waals surface area contributed by atoms with Gasteiger partial charge in [-0.1, -0.05) is 0 Å². The molecule has 0 aliphatic carbocycles. The zero-order valence-corrected chi connectivity index (χ0v) is 26.3. The largest absolute Gasteiger partial charge is 1.00 e. The van der Waals surface area contributed by atoms with Crippen molar-refractivity contribution < 1.29 is 57.1 Å². The fraction of sp³-hybridized carbons (Fsp3) is 0.0625. The van der Waals surface area contributed by atoms with E-state index >= 15 is 0 Å². The molecule has 7 heterocycles. The van der Waals surface area contributed by atoms with Gasteiger partial charge in [-0.25, -0.2) is 19.1 Å². The number of hydrogen-bond acceptors (Lipinski definition) is 2. The lowest BCUT2D eigenvalue weighted by Crippen LogP contribution is -3.00. The number of aromatic amines is 2. The van der Waals surface area contributed by atoms with Gasteiger partial charge in [-0.2, -0.15) is 0 Å². The van der Waals surface area contributed by atoms with Crippen LogP contribution in [0, 0.1) is 0 Å². The van der Waals surface area contributed by atoms with Crippen molar-refractivity contribution in [3.05, 3.63) is 108 Å². The normalized spacial score (nSPS) is 11.7. The van der Waals surface area contributed by atoms with Gasteiger partial charge in [-0.05, 0) is 71.8 Å². The molecule has 40 heavy (non-hydrogen) atoms. The predicted octanol–water partition coefficient (Wildman–Crippen LogP) is -0.353. The standard InChI is InChI=1S/C32H25N6.2HI/c1-37-15-11-21(12-16-37)31-27-7-5-25(34-27)19-23-3-4-24(33-23)20-26-6-8-28(35-26)32(30-10-9-29(31)36-30)22-13-17-38(2)18-14-22;;/h3-20H,1-2H3,(H,33,34,35,36);2*1H/q+1;;/p-1. The number of H-pyrrole nitrogens is 2. The van der Waals surface area contributed by atoms with E-state index in [0.29, 0.717) is 0 Å². The average molecular weight is 748 g/mol.